The maximum Gasteiger partial charge on any atom is 0.310 e. The average Bonchev–Trinajstić information content (AvgIpc) is 2.16. The van der Waals surface area contributed by atoms with E-state index in [0.29, 0.717) is 0 Å². The molecule has 1 atom stereocenters. The Balaban J connectivity index is 3.13. The number of aliphatic carboxylic acids is 1. The van der Waals surface area contributed by atoms with Gasteiger partial charge in [-0.25, -0.2) is 0 Å². The Bertz CT molecular complexity index is 334. The van der Waals surface area contributed by atoms with Crippen molar-refractivity contribution in [2.75, 3.05) is 19.0 Å². The summed E-state index contributed by atoms with van der Waals surface area (Å²) in [5.74, 6) is -1.26. The Morgan fingerprint density at radius 3 is 2.43 bits per heavy atom. The number of nitrogens with zero attached hydrogens (tertiary/aromatic N) is 1. The molecule has 1 N–H and O–H groups in total. The summed E-state index contributed by atoms with van der Waals surface area (Å²) in [4.78, 5) is 12.8. The molecule has 76 valence electrons. The van der Waals surface area contributed by atoms with Crippen molar-refractivity contribution in [1.29, 1.82) is 0 Å². The van der Waals surface area contributed by atoms with Crippen molar-refractivity contribution in [1.82, 2.24) is 0 Å². The quantitative estimate of drug-likeness (QED) is 0.797. The lowest BCUT2D eigenvalue weighted by Gasteiger charge is -2.19. The van der Waals surface area contributed by atoms with Crippen molar-refractivity contribution in [3.63, 3.8) is 0 Å². The van der Waals surface area contributed by atoms with E-state index in [0.717, 1.165) is 11.3 Å². The Morgan fingerprint density at radius 2 is 1.93 bits per heavy atom. The minimum absolute atomic E-state index is 0.464. The van der Waals surface area contributed by atoms with Gasteiger partial charge in [-0.1, -0.05) is 18.2 Å². The number of anilines is 1. The van der Waals surface area contributed by atoms with Gasteiger partial charge in [0.05, 0.1) is 5.92 Å². The number of carboxylic acid groups (broad SMARTS) is 1. The summed E-state index contributed by atoms with van der Waals surface area (Å²) >= 11 is 0. The summed E-state index contributed by atoms with van der Waals surface area (Å²) in [5, 5.41) is 8.92. The second kappa shape index (κ2) is 4.13. The summed E-state index contributed by atoms with van der Waals surface area (Å²) < 4.78 is 0. The van der Waals surface area contributed by atoms with Crippen LogP contribution in [0.4, 0.5) is 5.69 Å². The van der Waals surface area contributed by atoms with Crippen molar-refractivity contribution in [3.05, 3.63) is 29.8 Å². The monoisotopic (exact) mass is 193 g/mol. The molecule has 0 bridgehead atoms. The van der Waals surface area contributed by atoms with Crippen LogP contribution in [-0.2, 0) is 4.79 Å². The van der Waals surface area contributed by atoms with Gasteiger partial charge in [-0.15, -0.1) is 0 Å². The lowest BCUT2D eigenvalue weighted by molar-refractivity contribution is -0.138. The highest BCUT2D eigenvalue weighted by Crippen LogP contribution is 2.26. The van der Waals surface area contributed by atoms with Crippen LogP contribution < -0.4 is 4.90 Å². The molecule has 0 radical (unpaired) electrons. The minimum Gasteiger partial charge on any atom is -0.481 e. The maximum atomic E-state index is 10.9. The highest BCUT2D eigenvalue weighted by Gasteiger charge is 2.17. The fourth-order valence-electron chi connectivity index (χ4n) is 1.39. The fourth-order valence-corrected chi connectivity index (χ4v) is 1.39. The van der Waals surface area contributed by atoms with Crippen LogP contribution in [0.2, 0.25) is 0 Å². The molecule has 0 aliphatic heterocycles. The molecule has 0 saturated heterocycles. The van der Waals surface area contributed by atoms with Gasteiger partial charge in [-0.2, -0.15) is 0 Å². The summed E-state index contributed by atoms with van der Waals surface area (Å²) in [7, 11) is 3.82. The molecule has 3 heteroatoms. The van der Waals surface area contributed by atoms with Crippen LogP contribution in [-0.4, -0.2) is 25.2 Å². The van der Waals surface area contributed by atoms with Crippen LogP contribution in [0.1, 0.15) is 18.4 Å². The first kappa shape index (κ1) is 10.6. The molecule has 3 nitrogen and oxygen atoms in total. The molecule has 0 aliphatic rings. The van der Waals surface area contributed by atoms with Gasteiger partial charge in [0.15, 0.2) is 0 Å². The van der Waals surface area contributed by atoms with Crippen LogP contribution in [0, 0.1) is 0 Å². The molecule has 1 aromatic rings. The normalized spacial score (nSPS) is 12.2. The smallest absolute Gasteiger partial charge is 0.310 e. The second-order valence-electron chi connectivity index (χ2n) is 3.51. The third-order valence-electron chi connectivity index (χ3n) is 2.26. The van der Waals surface area contributed by atoms with Crippen molar-refractivity contribution >= 4 is 11.7 Å². The topological polar surface area (TPSA) is 40.5 Å². The van der Waals surface area contributed by atoms with Crippen molar-refractivity contribution < 1.29 is 9.90 Å². The lowest BCUT2D eigenvalue weighted by Crippen LogP contribution is -2.15. The maximum absolute atomic E-state index is 10.9. The Hall–Kier alpha value is -1.51. The summed E-state index contributed by atoms with van der Waals surface area (Å²) in [6.07, 6.45) is 0. The fraction of sp³-hybridized carbons (Fsp3) is 0.364. The third kappa shape index (κ3) is 2.05. The molecule has 0 amide bonds. The van der Waals surface area contributed by atoms with Gasteiger partial charge < -0.3 is 10.0 Å². The predicted molar refractivity (Wildman–Crippen MR) is 56.8 cm³/mol. The first-order valence-electron chi connectivity index (χ1n) is 4.53. The average molecular weight is 193 g/mol. The van der Waals surface area contributed by atoms with Crippen molar-refractivity contribution in [3.8, 4) is 0 Å². The summed E-state index contributed by atoms with van der Waals surface area (Å²) in [6.45, 7) is 1.70. The molecule has 0 aromatic heterocycles. The van der Waals surface area contributed by atoms with Gasteiger partial charge in [-0.05, 0) is 18.6 Å². The Morgan fingerprint density at radius 1 is 1.36 bits per heavy atom. The first-order valence-corrected chi connectivity index (χ1v) is 4.53. The van der Waals surface area contributed by atoms with E-state index in [1.54, 1.807) is 6.92 Å². The molecular weight excluding hydrogens is 178 g/mol. The molecule has 0 heterocycles. The molecule has 0 fully saturated rings. The number of hydrogen-bond acceptors (Lipinski definition) is 2. The van der Waals surface area contributed by atoms with Crippen LogP contribution >= 0.6 is 0 Å². The van der Waals surface area contributed by atoms with Crippen LogP contribution in [0.25, 0.3) is 0 Å². The van der Waals surface area contributed by atoms with E-state index in [1.807, 2.05) is 43.3 Å². The molecule has 1 aromatic carbocycles. The first-order chi connectivity index (χ1) is 6.54. The number of para-hydroxylation sites is 1. The number of rotatable bonds is 3. The Kier molecular flexibility index (Phi) is 3.12. The van der Waals surface area contributed by atoms with Crippen LogP contribution in [0.3, 0.4) is 0 Å². The minimum atomic E-state index is -0.792. The predicted octanol–water partition coefficient (Wildman–Crippen LogP) is 1.94. The Labute approximate surface area is 84.0 Å². The number of benzene rings is 1. The highest BCUT2D eigenvalue weighted by atomic mass is 16.4. The molecular formula is C11H15NO2. The highest BCUT2D eigenvalue weighted by molar-refractivity contribution is 5.78. The van der Waals surface area contributed by atoms with E-state index in [9.17, 15) is 4.79 Å². The van der Waals surface area contributed by atoms with Gasteiger partial charge >= 0.3 is 5.97 Å². The van der Waals surface area contributed by atoms with Gasteiger partial charge in [-0.3, -0.25) is 4.79 Å². The number of carboxylic acids is 1. The molecule has 0 unspecified atom stereocenters. The van der Waals surface area contributed by atoms with E-state index in [1.165, 1.54) is 0 Å². The molecule has 14 heavy (non-hydrogen) atoms. The van der Waals surface area contributed by atoms with Gasteiger partial charge in [0, 0.05) is 19.8 Å². The van der Waals surface area contributed by atoms with E-state index < -0.39 is 11.9 Å². The van der Waals surface area contributed by atoms with Gasteiger partial charge in [0.2, 0.25) is 0 Å². The zero-order valence-electron chi connectivity index (χ0n) is 8.69. The van der Waals surface area contributed by atoms with Gasteiger partial charge in [0.1, 0.15) is 0 Å². The zero-order valence-corrected chi connectivity index (χ0v) is 8.69. The van der Waals surface area contributed by atoms with Crippen molar-refractivity contribution in [2.45, 2.75) is 12.8 Å². The van der Waals surface area contributed by atoms with Crippen LogP contribution in [0.15, 0.2) is 24.3 Å². The number of hydrogen-bond donors (Lipinski definition) is 1. The zero-order chi connectivity index (χ0) is 10.7. The molecule has 0 spiro atoms. The molecule has 0 saturated carbocycles. The molecule has 0 aliphatic carbocycles. The SMILES string of the molecule is C[C@H](C(=O)O)c1ccccc1N(C)C. The summed E-state index contributed by atoms with van der Waals surface area (Å²) in [5.41, 5.74) is 1.81. The standard InChI is InChI=1S/C11H15NO2/c1-8(11(13)14)9-6-4-5-7-10(9)12(2)3/h4-8H,1-3H3,(H,13,14)/t8-/m0/s1. The third-order valence-corrected chi connectivity index (χ3v) is 2.26. The lowest BCUT2D eigenvalue weighted by atomic mass is 9.99. The molecule has 1 rings (SSSR count). The van der Waals surface area contributed by atoms with E-state index in [-0.39, 0.29) is 0 Å². The van der Waals surface area contributed by atoms with Crippen LogP contribution in [0.5, 0.6) is 0 Å². The largest absolute Gasteiger partial charge is 0.481 e. The van der Waals surface area contributed by atoms with Gasteiger partial charge in [0.25, 0.3) is 0 Å². The van der Waals surface area contributed by atoms with E-state index >= 15 is 0 Å². The second-order valence-corrected chi connectivity index (χ2v) is 3.51. The van der Waals surface area contributed by atoms with Crippen molar-refractivity contribution in [2.24, 2.45) is 0 Å². The van der Waals surface area contributed by atoms with E-state index in [2.05, 4.69) is 0 Å². The summed E-state index contributed by atoms with van der Waals surface area (Å²) in [6, 6.07) is 7.55. The number of carbonyl (C=O) groups is 1. The van der Waals surface area contributed by atoms with E-state index in [4.69, 9.17) is 5.11 Å².